The summed E-state index contributed by atoms with van der Waals surface area (Å²) in [6.45, 7) is 8.10. The molecule has 2 amide bonds. The smallest absolute Gasteiger partial charge is 0.317 e. The number of rotatable bonds is 5. The van der Waals surface area contributed by atoms with Crippen LogP contribution in [0.5, 0.6) is 0 Å². The molecule has 0 saturated carbocycles. The number of amides is 2. The van der Waals surface area contributed by atoms with Crippen LogP contribution in [0.3, 0.4) is 0 Å². The van der Waals surface area contributed by atoms with Gasteiger partial charge in [-0.3, -0.25) is 0 Å². The fraction of sp³-hybridized carbons (Fsp3) is 0.692. The summed E-state index contributed by atoms with van der Waals surface area (Å²) >= 11 is 1.62. The average Bonchev–Trinajstić information content (AvgIpc) is 2.77. The molecule has 0 radical (unpaired) electrons. The van der Waals surface area contributed by atoms with Crippen molar-refractivity contribution in [2.75, 3.05) is 7.05 Å². The Bertz CT molecular complexity index is 418. The van der Waals surface area contributed by atoms with E-state index in [-0.39, 0.29) is 12.1 Å². The van der Waals surface area contributed by atoms with E-state index in [0.717, 1.165) is 10.7 Å². The topological polar surface area (TPSA) is 65.5 Å². The average molecular weight is 285 g/mol. The van der Waals surface area contributed by atoms with Crippen LogP contribution >= 0.6 is 11.3 Å². The second kappa shape index (κ2) is 6.86. The monoisotopic (exact) mass is 285 g/mol. The van der Waals surface area contributed by atoms with Gasteiger partial charge in [-0.25, -0.2) is 9.78 Å². The third-order valence-electron chi connectivity index (χ3n) is 2.88. The van der Waals surface area contributed by atoms with Crippen molar-refractivity contribution in [3.63, 3.8) is 0 Å². The number of thiazole rings is 1. The maximum Gasteiger partial charge on any atom is 0.317 e. The number of aromatic nitrogens is 1. The van der Waals surface area contributed by atoms with Crippen LogP contribution in [-0.4, -0.2) is 40.2 Å². The van der Waals surface area contributed by atoms with Gasteiger partial charge in [-0.05, 0) is 13.8 Å². The highest BCUT2D eigenvalue weighted by Crippen LogP contribution is 2.19. The molecule has 0 spiro atoms. The predicted molar refractivity (Wildman–Crippen MR) is 77.3 cm³/mol. The maximum atomic E-state index is 11.9. The first-order valence-corrected chi connectivity index (χ1v) is 7.33. The summed E-state index contributed by atoms with van der Waals surface area (Å²) in [4.78, 5) is 17.9. The number of urea groups is 1. The van der Waals surface area contributed by atoms with Crippen LogP contribution in [-0.2, 0) is 6.54 Å². The molecule has 6 heteroatoms. The Morgan fingerprint density at radius 2 is 2.11 bits per heavy atom. The Labute approximate surface area is 118 Å². The van der Waals surface area contributed by atoms with Gasteiger partial charge in [-0.2, -0.15) is 0 Å². The van der Waals surface area contributed by atoms with Crippen molar-refractivity contribution in [3.05, 3.63) is 16.1 Å². The zero-order chi connectivity index (χ0) is 14.6. The van der Waals surface area contributed by atoms with Crippen molar-refractivity contribution in [1.82, 2.24) is 15.2 Å². The van der Waals surface area contributed by atoms with Gasteiger partial charge in [-0.15, -0.1) is 11.3 Å². The van der Waals surface area contributed by atoms with Crippen LogP contribution in [0.1, 0.15) is 44.3 Å². The number of aliphatic hydroxyl groups is 1. The molecule has 0 saturated heterocycles. The highest BCUT2D eigenvalue weighted by atomic mass is 32.1. The lowest BCUT2D eigenvalue weighted by Crippen LogP contribution is -2.45. The lowest BCUT2D eigenvalue weighted by Gasteiger charge is -2.22. The first-order valence-electron chi connectivity index (χ1n) is 6.45. The van der Waals surface area contributed by atoms with E-state index in [1.807, 2.05) is 5.38 Å². The molecule has 108 valence electrons. The summed E-state index contributed by atoms with van der Waals surface area (Å²) in [5.41, 5.74) is 0.899. The Balaban J connectivity index is 2.53. The third-order valence-corrected chi connectivity index (χ3v) is 4.08. The highest BCUT2D eigenvalue weighted by Gasteiger charge is 2.16. The van der Waals surface area contributed by atoms with Crippen LogP contribution < -0.4 is 5.32 Å². The SMILES string of the molecule is CC(C)c1nc(CN(C)C(=O)NC(C)C(C)O)cs1. The van der Waals surface area contributed by atoms with Gasteiger partial charge in [0.2, 0.25) is 0 Å². The summed E-state index contributed by atoms with van der Waals surface area (Å²) in [5.74, 6) is 0.410. The molecule has 1 heterocycles. The van der Waals surface area contributed by atoms with Gasteiger partial charge in [-0.1, -0.05) is 13.8 Å². The molecule has 0 aliphatic rings. The van der Waals surface area contributed by atoms with Crippen molar-refractivity contribution >= 4 is 17.4 Å². The number of carbonyl (C=O) groups is 1. The van der Waals surface area contributed by atoms with Crippen LogP contribution in [0.15, 0.2) is 5.38 Å². The van der Waals surface area contributed by atoms with Crippen molar-refractivity contribution in [2.45, 2.75) is 52.3 Å². The van der Waals surface area contributed by atoms with E-state index in [1.54, 1.807) is 37.1 Å². The number of hydrogen-bond donors (Lipinski definition) is 2. The van der Waals surface area contributed by atoms with Crippen molar-refractivity contribution in [1.29, 1.82) is 0 Å². The normalized spacial score (nSPS) is 14.3. The Morgan fingerprint density at radius 1 is 1.47 bits per heavy atom. The van der Waals surface area contributed by atoms with Gasteiger partial charge >= 0.3 is 6.03 Å². The molecule has 5 nitrogen and oxygen atoms in total. The number of carbonyl (C=O) groups excluding carboxylic acids is 1. The van der Waals surface area contributed by atoms with Crippen LogP contribution in [0.25, 0.3) is 0 Å². The van der Waals surface area contributed by atoms with Crippen molar-refractivity contribution in [2.24, 2.45) is 0 Å². The molecule has 19 heavy (non-hydrogen) atoms. The molecule has 2 atom stereocenters. The minimum Gasteiger partial charge on any atom is -0.391 e. The number of hydrogen-bond acceptors (Lipinski definition) is 4. The zero-order valence-corrected chi connectivity index (χ0v) is 13.0. The Kier molecular flexibility index (Phi) is 5.75. The lowest BCUT2D eigenvalue weighted by molar-refractivity contribution is 0.145. The minimum absolute atomic E-state index is 0.201. The summed E-state index contributed by atoms with van der Waals surface area (Å²) in [6, 6.07) is -0.468. The van der Waals surface area contributed by atoms with Crippen molar-refractivity contribution < 1.29 is 9.90 Å². The highest BCUT2D eigenvalue weighted by molar-refractivity contribution is 7.09. The molecule has 1 aromatic heterocycles. The number of nitrogens with zero attached hydrogens (tertiary/aromatic N) is 2. The van der Waals surface area contributed by atoms with E-state index in [4.69, 9.17) is 0 Å². The first kappa shape index (κ1) is 15.9. The van der Waals surface area contributed by atoms with E-state index in [9.17, 15) is 9.90 Å². The largest absolute Gasteiger partial charge is 0.391 e. The molecule has 0 aliphatic carbocycles. The summed E-state index contributed by atoms with van der Waals surface area (Å²) in [7, 11) is 1.72. The van der Waals surface area contributed by atoms with Gasteiger partial charge in [0.1, 0.15) is 0 Å². The molecular weight excluding hydrogens is 262 g/mol. The molecule has 1 rings (SSSR count). The van der Waals surface area contributed by atoms with E-state index in [1.165, 1.54) is 0 Å². The number of nitrogens with one attached hydrogen (secondary N) is 1. The quantitative estimate of drug-likeness (QED) is 0.871. The third kappa shape index (κ3) is 4.80. The second-order valence-electron chi connectivity index (χ2n) is 5.17. The molecule has 0 fully saturated rings. The van der Waals surface area contributed by atoms with E-state index < -0.39 is 6.10 Å². The second-order valence-corrected chi connectivity index (χ2v) is 6.06. The summed E-state index contributed by atoms with van der Waals surface area (Å²) in [5, 5.41) is 15.2. The van der Waals surface area contributed by atoms with Crippen LogP contribution in [0, 0.1) is 0 Å². The van der Waals surface area contributed by atoms with Gasteiger partial charge in [0.15, 0.2) is 0 Å². The molecule has 0 bridgehead atoms. The molecular formula is C13H23N3O2S. The van der Waals surface area contributed by atoms with Gasteiger partial charge < -0.3 is 15.3 Å². The minimum atomic E-state index is -0.566. The molecule has 0 aromatic carbocycles. The van der Waals surface area contributed by atoms with Crippen LogP contribution in [0.4, 0.5) is 4.79 Å². The predicted octanol–water partition coefficient (Wildman–Crippen LogP) is 2.18. The number of aliphatic hydroxyl groups excluding tert-OH is 1. The summed E-state index contributed by atoms with van der Waals surface area (Å²) < 4.78 is 0. The maximum absolute atomic E-state index is 11.9. The van der Waals surface area contributed by atoms with Gasteiger partial charge in [0.25, 0.3) is 0 Å². The molecule has 0 aliphatic heterocycles. The fourth-order valence-electron chi connectivity index (χ4n) is 1.40. The fourth-order valence-corrected chi connectivity index (χ4v) is 2.23. The van der Waals surface area contributed by atoms with E-state index >= 15 is 0 Å². The summed E-state index contributed by atoms with van der Waals surface area (Å²) in [6.07, 6.45) is -0.566. The van der Waals surface area contributed by atoms with Crippen molar-refractivity contribution in [3.8, 4) is 0 Å². The standard InChI is InChI=1S/C13H23N3O2S/c1-8(2)12-15-11(7-19-12)6-16(5)13(18)14-9(3)10(4)17/h7-10,17H,6H2,1-5H3,(H,14,18). The Hall–Kier alpha value is -1.14. The molecule has 2 N–H and O–H groups in total. The first-order chi connectivity index (χ1) is 8.81. The van der Waals surface area contributed by atoms with E-state index in [0.29, 0.717) is 12.5 Å². The lowest BCUT2D eigenvalue weighted by atomic mass is 10.2. The molecule has 2 unspecified atom stereocenters. The van der Waals surface area contributed by atoms with Gasteiger partial charge in [0, 0.05) is 18.3 Å². The van der Waals surface area contributed by atoms with E-state index in [2.05, 4.69) is 24.1 Å². The van der Waals surface area contributed by atoms with Gasteiger partial charge in [0.05, 0.1) is 29.4 Å². The Morgan fingerprint density at radius 3 is 2.58 bits per heavy atom. The van der Waals surface area contributed by atoms with Crippen LogP contribution in [0.2, 0.25) is 0 Å². The zero-order valence-electron chi connectivity index (χ0n) is 12.2. The molecule has 1 aromatic rings.